The van der Waals surface area contributed by atoms with E-state index in [1.807, 2.05) is 48.7 Å². The van der Waals surface area contributed by atoms with Crippen molar-refractivity contribution in [3.63, 3.8) is 0 Å². The molecule has 1 fully saturated rings. The molecule has 0 radical (unpaired) electrons. The molecule has 6 nitrogen and oxygen atoms in total. The third-order valence-electron chi connectivity index (χ3n) is 5.06. The van der Waals surface area contributed by atoms with Crippen LogP contribution in [0.4, 0.5) is 0 Å². The fourth-order valence-electron chi connectivity index (χ4n) is 3.60. The summed E-state index contributed by atoms with van der Waals surface area (Å²) in [6.07, 6.45) is 8.97. The number of likely N-dealkylation sites (tertiary alicyclic amines) is 1. The Bertz CT molecular complexity index is 835. The first-order valence-electron chi connectivity index (χ1n) is 9.47. The molecule has 4 rings (SSSR count). The Hall–Kier alpha value is -2.86. The minimum absolute atomic E-state index is 0.0735. The van der Waals surface area contributed by atoms with Crippen LogP contribution in [0, 0.1) is 0 Å². The van der Waals surface area contributed by atoms with Crippen LogP contribution in [0.2, 0.25) is 0 Å². The van der Waals surface area contributed by atoms with Crippen molar-refractivity contribution in [3.05, 3.63) is 72.4 Å². The lowest BCUT2D eigenvalue weighted by molar-refractivity contribution is 0.0914. The zero-order chi connectivity index (χ0) is 18.5. The van der Waals surface area contributed by atoms with Crippen molar-refractivity contribution >= 4 is 5.91 Å². The largest absolute Gasteiger partial charge is 0.468 e. The lowest BCUT2D eigenvalue weighted by Gasteiger charge is -2.33. The summed E-state index contributed by atoms with van der Waals surface area (Å²) < 4.78 is 7.41. The van der Waals surface area contributed by atoms with Gasteiger partial charge in [0.15, 0.2) is 0 Å². The molecule has 2 aromatic heterocycles. The van der Waals surface area contributed by atoms with Crippen molar-refractivity contribution in [1.29, 1.82) is 0 Å². The minimum atomic E-state index is -0.0735. The Labute approximate surface area is 158 Å². The van der Waals surface area contributed by atoms with E-state index in [4.69, 9.17) is 4.42 Å². The van der Waals surface area contributed by atoms with Crippen LogP contribution in [0.1, 0.15) is 41.4 Å². The molecule has 1 atom stereocenters. The van der Waals surface area contributed by atoms with E-state index < -0.39 is 0 Å². The highest BCUT2D eigenvalue weighted by atomic mass is 16.3. The number of amides is 1. The molecule has 1 amide bonds. The highest BCUT2D eigenvalue weighted by Gasteiger charge is 2.25. The quantitative estimate of drug-likeness (QED) is 0.728. The summed E-state index contributed by atoms with van der Waals surface area (Å²) in [5.41, 5.74) is 1.57. The third-order valence-corrected chi connectivity index (χ3v) is 5.06. The zero-order valence-electron chi connectivity index (χ0n) is 15.3. The smallest absolute Gasteiger partial charge is 0.251 e. The highest BCUT2D eigenvalue weighted by molar-refractivity contribution is 5.94. The van der Waals surface area contributed by atoms with Crippen molar-refractivity contribution in [3.8, 4) is 5.69 Å². The molecule has 0 saturated carbocycles. The molecule has 1 aliphatic rings. The molecular formula is C21H24N4O2. The number of carbonyl (C=O) groups excluding carboxylic acids is 1. The van der Waals surface area contributed by atoms with Gasteiger partial charge in [-0.25, -0.2) is 4.68 Å². The fraction of sp³-hybridized carbons (Fsp3) is 0.333. The Balaban J connectivity index is 1.41. The molecule has 0 aliphatic carbocycles. The number of rotatable bonds is 6. The number of hydrogen-bond acceptors (Lipinski definition) is 4. The predicted molar refractivity (Wildman–Crippen MR) is 103 cm³/mol. The van der Waals surface area contributed by atoms with E-state index in [0.29, 0.717) is 12.1 Å². The van der Waals surface area contributed by atoms with Gasteiger partial charge in [-0.05, 0) is 68.4 Å². The molecule has 1 saturated heterocycles. The zero-order valence-corrected chi connectivity index (χ0v) is 15.3. The molecule has 6 heteroatoms. The van der Waals surface area contributed by atoms with Gasteiger partial charge < -0.3 is 9.73 Å². The summed E-state index contributed by atoms with van der Waals surface area (Å²) in [6.45, 7) is 2.62. The van der Waals surface area contributed by atoms with Gasteiger partial charge in [0.05, 0.1) is 18.0 Å². The van der Waals surface area contributed by atoms with Crippen LogP contribution < -0.4 is 5.32 Å². The summed E-state index contributed by atoms with van der Waals surface area (Å²) in [5, 5.41) is 7.28. The average molecular weight is 364 g/mol. The Morgan fingerprint density at radius 1 is 1.11 bits per heavy atom. The molecule has 0 spiro atoms. The summed E-state index contributed by atoms with van der Waals surface area (Å²) >= 11 is 0. The summed E-state index contributed by atoms with van der Waals surface area (Å²) in [7, 11) is 0. The molecular weight excluding hydrogens is 340 g/mol. The van der Waals surface area contributed by atoms with E-state index in [0.717, 1.165) is 24.5 Å². The van der Waals surface area contributed by atoms with E-state index in [9.17, 15) is 4.79 Å². The van der Waals surface area contributed by atoms with Crippen LogP contribution in [0.15, 0.2) is 65.5 Å². The standard InChI is InChI=1S/C21H24N4O2/c26-21(17-7-9-18(10-8-17)25-14-5-11-23-25)22-16-19(20-6-4-15-27-20)24-12-2-1-3-13-24/h4-11,14-15,19H,1-3,12-13,16H2,(H,22,26). The summed E-state index contributed by atoms with van der Waals surface area (Å²) in [6, 6.07) is 13.3. The number of nitrogens with zero attached hydrogens (tertiary/aromatic N) is 3. The van der Waals surface area contributed by atoms with Gasteiger partial charge in [-0.3, -0.25) is 9.69 Å². The summed E-state index contributed by atoms with van der Waals surface area (Å²) in [5.74, 6) is 0.835. The molecule has 3 aromatic rings. The van der Waals surface area contributed by atoms with Crippen molar-refractivity contribution in [2.75, 3.05) is 19.6 Å². The lowest BCUT2D eigenvalue weighted by atomic mass is 10.1. The van der Waals surface area contributed by atoms with Gasteiger partial charge in [0.25, 0.3) is 5.91 Å². The molecule has 3 heterocycles. The maximum absolute atomic E-state index is 12.6. The third kappa shape index (κ3) is 4.11. The second-order valence-corrected chi connectivity index (χ2v) is 6.84. The van der Waals surface area contributed by atoms with Crippen molar-refractivity contribution in [1.82, 2.24) is 20.0 Å². The van der Waals surface area contributed by atoms with E-state index in [1.165, 1.54) is 19.3 Å². The Kier molecular flexibility index (Phi) is 5.34. The molecule has 0 bridgehead atoms. The summed E-state index contributed by atoms with van der Waals surface area (Å²) in [4.78, 5) is 15.0. The van der Waals surface area contributed by atoms with E-state index in [1.54, 1.807) is 17.1 Å². The second kappa shape index (κ2) is 8.22. The Morgan fingerprint density at radius 2 is 1.93 bits per heavy atom. The van der Waals surface area contributed by atoms with Crippen LogP contribution in [-0.2, 0) is 0 Å². The first-order valence-corrected chi connectivity index (χ1v) is 9.47. The average Bonchev–Trinajstić information content (AvgIpc) is 3.43. The van der Waals surface area contributed by atoms with Gasteiger partial charge in [-0.1, -0.05) is 6.42 Å². The van der Waals surface area contributed by atoms with Gasteiger partial charge >= 0.3 is 0 Å². The second-order valence-electron chi connectivity index (χ2n) is 6.84. The van der Waals surface area contributed by atoms with Crippen LogP contribution in [0.25, 0.3) is 5.69 Å². The maximum atomic E-state index is 12.6. The van der Waals surface area contributed by atoms with E-state index in [-0.39, 0.29) is 11.9 Å². The predicted octanol–water partition coefficient (Wildman–Crippen LogP) is 3.42. The number of benzene rings is 1. The number of furan rings is 1. The van der Waals surface area contributed by atoms with Crippen LogP contribution in [0.5, 0.6) is 0 Å². The number of nitrogens with one attached hydrogen (secondary N) is 1. The topological polar surface area (TPSA) is 63.3 Å². The van der Waals surface area contributed by atoms with Gasteiger partial charge in [-0.2, -0.15) is 5.10 Å². The SMILES string of the molecule is O=C(NCC(c1ccco1)N1CCCCC1)c1ccc(-n2cccn2)cc1. The van der Waals surface area contributed by atoms with E-state index in [2.05, 4.69) is 15.3 Å². The van der Waals surface area contributed by atoms with Gasteiger partial charge in [0.1, 0.15) is 5.76 Å². The monoisotopic (exact) mass is 364 g/mol. The molecule has 1 N–H and O–H groups in total. The highest BCUT2D eigenvalue weighted by Crippen LogP contribution is 2.24. The lowest BCUT2D eigenvalue weighted by Crippen LogP contribution is -2.40. The first kappa shape index (κ1) is 17.5. The Morgan fingerprint density at radius 3 is 2.59 bits per heavy atom. The van der Waals surface area contributed by atoms with E-state index >= 15 is 0 Å². The van der Waals surface area contributed by atoms with Crippen molar-refractivity contribution in [2.24, 2.45) is 0 Å². The maximum Gasteiger partial charge on any atom is 0.251 e. The van der Waals surface area contributed by atoms with Crippen LogP contribution in [-0.4, -0.2) is 40.2 Å². The minimum Gasteiger partial charge on any atom is -0.468 e. The van der Waals surface area contributed by atoms with Gasteiger partial charge in [0.2, 0.25) is 0 Å². The number of carbonyl (C=O) groups is 1. The van der Waals surface area contributed by atoms with Crippen molar-refractivity contribution < 1.29 is 9.21 Å². The molecule has 140 valence electrons. The number of piperidine rings is 1. The number of aromatic nitrogens is 2. The van der Waals surface area contributed by atoms with Gasteiger partial charge in [-0.15, -0.1) is 0 Å². The molecule has 1 unspecified atom stereocenters. The van der Waals surface area contributed by atoms with Crippen molar-refractivity contribution in [2.45, 2.75) is 25.3 Å². The molecule has 27 heavy (non-hydrogen) atoms. The first-order chi connectivity index (χ1) is 13.3. The van der Waals surface area contributed by atoms with Crippen LogP contribution in [0.3, 0.4) is 0 Å². The molecule has 1 aromatic carbocycles. The van der Waals surface area contributed by atoms with Crippen LogP contribution >= 0.6 is 0 Å². The number of hydrogen-bond donors (Lipinski definition) is 1. The fourth-order valence-corrected chi connectivity index (χ4v) is 3.60. The normalized spacial score (nSPS) is 16.1. The van der Waals surface area contributed by atoms with Gasteiger partial charge in [0, 0.05) is 24.5 Å². The molecule has 1 aliphatic heterocycles.